The monoisotopic (exact) mass is 432 g/mol. The molecule has 0 aromatic heterocycles. The van der Waals surface area contributed by atoms with Crippen molar-refractivity contribution in [3.05, 3.63) is 11.6 Å². The molecule has 0 aromatic carbocycles. The molecule has 1 atom stereocenters. The second-order valence-corrected chi connectivity index (χ2v) is 9.41. The molecule has 2 saturated heterocycles. The molecule has 3 rings (SSSR count). The summed E-state index contributed by atoms with van der Waals surface area (Å²) < 4.78 is 0. The molecule has 0 aromatic rings. The lowest BCUT2D eigenvalue weighted by atomic mass is 9.95. The van der Waals surface area contributed by atoms with Crippen LogP contribution in [-0.2, 0) is 14.4 Å². The summed E-state index contributed by atoms with van der Waals surface area (Å²) in [6.45, 7) is 7.78. The fourth-order valence-electron chi connectivity index (χ4n) is 4.30. The Kier molecular flexibility index (Phi) is 7.86. The van der Waals surface area contributed by atoms with E-state index in [9.17, 15) is 19.2 Å². The number of nitrogens with one attached hydrogen (secondary N) is 1. The van der Waals surface area contributed by atoms with E-state index < -0.39 is 17.8 Å². The molecule has 0 radical (unpaired) electrons. The van der Waals surface area contributed by atoms with Crippen LogP contribution >= 0.6 is 0 Å². The summed E-state index contributed by atoms with van der Waals surface area (Å²) in [4.78, 5) is 54.1. The number of amides is 5. The van der Waals surface area contributed by atoms with E-state index in [0.29, 0.717) is 38.3 Å². The number of allylic oxidation sites excluding steroid dienone is 1. The Hall–Kier alpha value is -2.22. The molecule has 8 nitrogen and oxygen atoms in total. The first-order chi connectivity index (χ1) is 14.8. The smallest absolute Gasteiger partial charge is 0.335 e. The van der Waals surface area contributed by atoms with Gasteiger partial charge in [-0.3, -0.25) is 24.2 Å². The molecule has 5 amide bonds. The summed E-state index contributed by atoms with van der Waals surface area (Å²) in [5.41, 5.74) is 1.27. The lowest BCUT2D eigenvalue weighted by Gasteiger charge is -2.33. The average molecular weight is 433 g/mol. The van der Waals surface area contributed by atoms with E-state index in [1.54, 1.807) is 0 Å². The van der Waals surface area contributed by atoms with Gasteiger partial charge in [-0.15, -0.1) is 0 Å². The van der Waals surface area contributed by atoms with Crippen molar-refractivity contribution in [3.8, 4) is 0 Å². The number of carbonyl (C=O) groups is 4. The van der Waals surface area contributed by atoms with Crippen LogP contribution in [0.2, 0.25) is 0 Å². The summed E-state index contributed by atoms with van der Waals surface area (Å²) in [6, 6.07) is -0.385. The second kappa shape index (κ2) is 10.4. The van der Waals surface area contributed by atoms with Crippen LogP contribution in [-0.4, -0.2) is 70.8 Å². The van der Waals surface area contributed by atoms with Crippen molar-refractivity contribution in [2.24, 2.45) is 11.8 Å². The van der Waals surface area contributed by atoms with Crippen molar-refractivity contribution in [2.45, 2.75) is 71.8 Å². The zero-order valence-corrected chi connectivity index (χ0v) is 19.1. The van der Waals surface area contributed by atoms with Gasteiger partial charge in [0.05, 0.1) is 6.67 Å². The van der Waals surface area contributed by atoms with Gasteiger partial charge in [0, 0.05) is 31.6 Å². The fraction of sp³-hybridized carbons (Fsp3) is 0.739. The molecule has 8 heteroatoms. The van der Waals surface area contributed by atoms with Crippen LogP contribution in [0.1, 0.15) is 65.7 Å². The van der Waals surface area contributed by atoms with E-state index in [1.165, 1.54) is 12.0 Å². The molecule has 172 valence electrons. The number of imide groups is 2. The molecular weight excluding hydrogens is 396 g/mol. The highest BCUT2D eigenvalue weighted by Crippen LogP contribution is 2.23. The molecule has 0 spiro atoms. The summed E-state index contributed by atoms with van der Waals surface area (Å²) in [5.74, 6) is -1.06. The maximum atomic E-state index is 12.7. The van der Waals surface area contributed by atoms with Crippen LogP contribution < -0.4 is 5.32 Å². The number of likely N-dealkylation sites (tertiary alicyclic amines) is 1. The molecule has 2 fully saturated rings. The molecule has 0 saturated carbocycles. The van der Waals surface area contributed by atoms with Crippen molar-refractivity contribution in [3.63, 3.8) is 0 Å². The minimum atomic E-state index is -0.742. The highest BCUT2D eigenvalue weighted by atomic mass is 16.2. The second-order valence-electron chi connectivity index (χ2n) is 9.41. The van der Waals surface area contributed by atoms with Gasteiger partial charge < -0.3 is 5.32 Å². The highest BCUT2D eigenvalue weighted by Gasteiger charge is 2.45. The van der Waals surface area contributed by atoms with Gasteiger partial charge >= 0.3 is 17.8 Å². The van der Waals surface area contributed by atoms with E-state index >= 15 is 0 Å². The third-order valence-electron chi connectivity index (χ3n) is 6.85. The van der Waals surface area contributed by atoms with Crippen LogP contribution in [0.15, 0.2) is 11.6 Å². The lowest BCUT2D eigenvalue weighted by Crippen LogP contribution is -2.48. The number of hydrogen-bond donors (Lipinski definition) is 1. The molecule has 0 bridgehead atoms. The van der Waals surface area contributed by atoms with Gasteiger partial charge in [0.1, 0.15) is 0 Å². The van der Waals surface area contributed by atoms with Gasteiger partial charge in [0.2, 0.25) is 5.91 Å². The third kappa shape index (κ3) is 5.73. The van der Waals surface area contributed by atoms with Gasteiger partial charge in [-0.05, 0) is 57.8 Å². The summed E-state index contributed by atoms with van der Waals surface area (Å²) in [6.07, 6.45) is 8.58. The maximum Gasteiger partial charge on any atom is 0.335 e. The van der Waals surface area contributed by atoms with Gasteiger partial charge in [0.15, 0.2) is 0 Å². The maximum absolute atomic E-state index is 12.7. The predicted octanol–water partition coefficient (Wildman–Crippen LogP) is 2.50. The fourth-order valence-corrected chi connectivity index (χ4v) is 4.30. The lowest BCUT2D eigenvalue weighted by molar-refractivity contribution is -0.144. The molecule has 2 aliphatic heterocycles. The Morgan fingerprint density at radius 2 is 1.74 bits per heavy atom. The molecular formula is C23H36N4O4. The number of nitrogens with zero attached hydrogens (tertiary/aromatic N) is 3. The predicted molar refractivity (Wildman–Crippen MR) is 117 cm³/mol. The first-order valence-electron chi connectivity index (χ1n) is 11.7. The third-order valence-corrected chi connectivity index (χ3v) is 6.85. The van der Waals surface area contributed by atoms with Gasteiger partial charge in [0.25, 0.3) is 0 Å². The van der Waals surface area contributed by atoms with E-state index in [1.807, 2.05) is 11.8 Å². The standard InChI is InChI=1S/C23H36N4O4/c1-16(2)17(3)24-20(28)19-10-12-25(13-11-19)15-27-22(30)21(29)26(23(27)31)14-9-18-7-5-4-6-8-18/h7,16-17,19H,4-6,8-15H2,1-3H3,(H,24,28). The molecule has 2 heterocycles. The number of hydrogen-bond acceptors (Lipinski definition) is 5. The van der Waals surface area contributed by atoms with Crippen LogP contribution in [0.5, 0.6) is 0 Å². The Balaban J connectivity index is 1.48. The van der Waals surface area contributed by atoms with Gasteiger partial charge in [-0.2, -0.15) is 0 Å². The Bertz CT molecular complexity index is 740. The van der Waals surface area contributed by atoms with E-state index in [-0.39, 0.29) is 31.1 Å². The first kappa shape index (κ1) is 23.4. The minimum absolute atomic E-state index is 0.0515. The summed E-state index contributed by atoms with van der Waals surface area (Å²) >= 11 is 0. The van der Waals surface area contributed by atoms with E-state index in [0.717, 1.165) is 29.1 Å². The summed E-state index contributed by atoms with van der Waals surface area (Å²) in [5, 5.41) is 3.07. The zero-order chi connectivity index (χ0) is 22.5. The van der Waals surface area contributed by atoms with E-state index in [2.05, 4.69) is 25.2 Å². The highest BCUT2D eigenvalue weighted by molar-refractivity contribution is 6.44. The Labute approximate surface area is 185 Å². The SMILES string of the molecule is CC(C)C(C)NC(=O)C1CCN(CN2C(=O)C(=O)N(CCC3=CCCCC3)C2=O)CC1. The molecule has 1 aliphatic carbocycles. The van der Waals surface area contributed by atoms with Crippen LogP contribution in [0, 0.1) is 11.8 Å². The molecule has 3 aliphatic rings. The van der Waals surface area contributed by atoms with Crippen molar-refractivity contribution in [1.29, 1.82) is 0 Å². The first-order valence-corrected chi connectivity index (χ1v) is 11.7. The van der Waals surface area contributed by atoms with Crippen LogP contribution in [0.4, 0.5) is 4.79 Å². The normalized spacial score (nSPS) is 22.3. The van der Waals surface area contributed by atoms with Gasteiger partial charge in [-0.1, -0.05) is 25.5 Å². The van der Waals surface area contributed by atoms with Crippen molar-refractivity contribution in [2.75, 3.05) is 26.3 Å². The number of rotatable bonds is 8. The quantitative estimate of drug-likeness (QED) is 0.362. The largest absolute Gasteiger partial charge is 0.353 e. The van der Waals surface area contributed by atoms with Crippen LogP contribution in [0.25, 0.3) is 0 Å². The Morgan fingerprint density at radius 1 is 1.06 bits per heavy atom. The molecule has 1 unspecified atom stereocenters. The van der Waals surface area contributed by atoms with Gasteiger partial charge in [-0.25, -0.2) is 9.69 Å². The molecule has 31 heavy (non-hydrogen) atoms. The average Bonchev–Trinajstić information content (AvgIpc) is 2.96. The minimum Gasteiger partial charge on any atom is -0.353 e. The van der Waals surface area contributed by atoms with Crippen molar-refractivity contribution in [1.82, 2.24) is 20.0 Å². The van der Waals surface area contributed by atoms with Crippen molar-refractivity contribution < 1.29 is 19.2 Å². The number of urea groups is 1. The summed E-state index contributed by atoms with van der Waals surface area (Å²) in [7, 11) is 0. The van der Waals surface area contributed by atoms with E-state index in [4.69, 9.17) is 0 Å². The topological polar surface area (TPSA) is 90.0 Å². The zero-order valence-electron chi connectivity index (χ0n) is 19.1. The van der Waals surface area contributed by atoms with Crippen LogP contribution in [0.3, 0.4) is 0 Å². The van der Waals surface area contributed by atoms with Crippen molar-refractivity contribution >= 4 is 23.8 Å². The molecule has 1 N–H and O–H groups in total. The Morgan fingerprint density at radius 3 is 2.35 bits per heavy atom. The number of piperidine rings is 1. The number of carbonyl (C=O) groups excluding carboxylic acids is 4.